The first-order valence-electron chi connectivity index (χ1n) is 8.84. The first-order valence-corrected chi connectivity index (χ1v) is 8.84. The van der Waals surface area contributed by atoms with E-state index in [9.17, 15) is 9.59 Å². The molecule has 2 rings (SSSR count). The maximum Gasteiger partial charge on any atom is 0.335 e. The van der Waals surface area contributed by atoms with Gasteiger partial charge < -0.3 is 5.11 Å². The Morgan fingerprint density at radius 3 is 2.44 bits per heavy atom. The number of carboxylic acid groups (broad SMARTS) is 1. The minimum Gasteiger partial charge on any atom is -0.478 e. The summed E-state index contributed by atoms with van der Waals surface area (Å²) in [7, 11) is 0. The van der Waals surface area contributed by atoms with E-state index < -0.39 is 5.97 Å². The molecule has 0 atom stereocenters. The van der Waals surface area contributed by atoms with E-state index in [0.717, 1.165) is 16.8 Å². The zero-order chi connectivity index (χ0) is 19.4. The van der Waals surface area contributed by atoms with E-state index in [2.05, 4.69) is 5.10 Å². The smallest absolute Gasteiger partial charge is 0.335 e. The van der Waals surface area contributed by atoms with Gasteiger partial charge in [0.1, 0.15) is 0 Å². The normalized spacial score (nSPS) is 13.8. The molecule has 1 aromatic rings. The van der Waals surface area contributed by atoms with E-state index in [0.29, 0.717) is 19.4 Å². The van der Waals surface area contributed by atoms with E-state index in [1.54, 1.807) is 18.2 Å². The van der Waals surface area contributed by atoms with E-state index in [1.165, 1.54) is 11.1 Å². The average Bonchev–Trinajstić information content (AvgIpc) is 2.66. The van der Waals surface area contributed by atoms with Gasteiger partial charge in [0, 0.05) is 12.8 Å². The van der Waals surface area contributed by atoms with Crippen molar-refractivity contribution in [2.24, 2.45) is 5.10 Å². The van der Waals surface area contributed by atoms with Crippen molar-refractivity contribution in [2.75, 3.05) is 0 Å². The van der Waals surface area contributed by atoms with Gasteiger partial charge >= 0.3 is 5.97 Å². The summed E-state index contributed by atoms with van der Waals surface area (Å²) in [6.45, 7) is 12.2. The second kappa shape index (κ2) is 12.0. The maximum absolute atomic E-state index is 12.0. The number of allylic oxidation sites excluding steroid dienone is 2. The summed E-state index contributed by atoms with van der Waals surface area (Å²) < 4.78 is 0. The zero-order valence-corrected chi connectivity index (χ0v) is 16.2. The lowest BCUT2D eigenvalue weighted by molar-refractivity contribution is -0.132. The number of hydrogen-bond acceptors (Lipinski definition) is 3. The van der Waals surface area contributed by atoms with Gasteiger partial charge in [0.15, 0.2) is 0 Å². The molecule has 25 heavy (non-hydrogen) atoms. The van der Waals surface area contributed by atoms with Crippen molar-refractivity contribution in [1.29, 1.82) is 0 Å². The highest BCUT2D eigenvalue weighted by molar-refractivity contribution is 6.03. The minimum absolute atomic E-state index is 0.0385. The molecule has 0 radical (unpaired) electrons. The van der Waals surface area contributed by atoms with Crippen LogP contribution in [0.1, 0.15) is 70.3 Å². The standard InChI is InChI=1S/C16H18N2O3.2C2H6/c1-3-11(2)14-7-8-15(19)18(17-14)10-12-5-4-6-13(9-12)16(20)21;2*1-2/h3-6,9H,7-8,10H2,1-2H3,(H,20,21);2*1-2H3/b11-3+;;. The molecule has 0 aromatic heterocycles. The van der Waals surface area contributed by atoms with Crippen molar-refractivity contribution in [3.8, 4) is 0 Å². The monoisotopic (exact) mass is 346 g/mol. The van der Waals surface area contributed by atoms with Gasteiger partial charge in [-0.1, -0.05) is 45.9 Å². The summed E-state index contributed by atoms with van der Waals surface area (Å²) in [4.78, 5) is 22.9. The van der Waals surface area contributed by atoms with Gasteiger partial charge in [0.25, 0.3) is 0 Å². The third-order valence-corrected chi connectivity index (χ3v) is 3.50. The van der Waals surface area contributed by atoms with E-state index >= 15 is 0 Å². The van der Waals surface area contributed by atoms with E-state index in [4.69, 9.17) is 5.11 Å². The highest BCUT2D eigenvalue weighted by Crippen LogP contribution is 2.17. The van der Waals surface area contributed by atoms with Crippen LogP contribution in [0, 0.1) is 0 Å². The van der Waals surface area contributed by atoms with Crippen molar-refractivity contribution in [1.82, 2.24) is 5.01 Å². The maximum atomic E-state index is 12.0. The Hall–Kier alpha value is -2.43. The molecule has 0 saturated heterocycles. The summed E-state index contributed by atoms with van der Waals surface area (Å²) in [5.74, 6) is -1.01. The van der Waals surface area contributed by atoms with Crippen LogP contribution in [-0.2, 0) is 11.3 Å². The van der Waals surface area contributed by atoms with E-state index in [1.807, 2.05) is 47.6 Å². The van der Waals surface area contributed by atoms with Gasteiger partial charge in [0.2, 0.25) is 5.91 Å². The number of carboxylic acids is 1. The molecule has 0 spiro atoms. The highest BCUT2D eigenvalue weighted by atomic mass is 16.4. The molecule has 0 unspecified atom stereocenters. The van der Waals surface area contributed by atoms with Gasteiger partial charge in [0.05, 0.1) is 17.8 Å². The van der Waals surface area contributed by atoms with Crippen molar-refractivity contribution >= 4 is 17.6 Å². The van der Waals surface area contributed by atoms with E-state index in [-0.39, 0.29) is 11.5 Å². The number of hydrogen-bond donors (Lipinski definition) is 1. The fourth-order valence-corrected chi connectivity index (χ4v) is 2.15. The number of benzene rings is 1. The first-order chi connectivity index (χ1) is 12.0. The molecule has 1 aromatic carbocycles. The summed E-state index contributed by atoms with van der Waals surface area (Å²) >= 11 is 0. The van der Waals surface area contributed by atoms with Crippen LogP contribution in [0.25, 0.3) is 0 Å². The SMILES string of the molecule is C/C=C(\C)C1=NN(Cc2cccc(C(=O)O)c2)C(=O)CC1.CC.CC. The predicted molar refractivity (Wildman–Crippen MR) is 103 cm³/mol. The number of carbonyl (C=O) groups is 2. The summed E-state index contributed by atoms with van der Waals surface area (Å²) in [6.07, 6.45) is 3.06. The molecule has 1 aliphatic heterocycles. The summed E-state index contributed by atoms with van der Waals surface area (Å²) in [5, 5.41) is 14.8. The van der Waals surface area contributed by atoms with Crippen molar-refractivity contribution in [3.63, 3.8) is 0 Å². The molecule has 138 valence electrons. The van der Waals surface area contributed by atoms with Crippen molar-refractivity contribution in [2.45, 2.75) is 60.9 Å². The third kappa shape index (κ3) is 6.91. The second-order valence-electron chi connectivity index (χ2n) is 4.98. The average molecular weight is 346 g/mol. The van der Waals surface area contributed by atoms with Crippen LogP contribution in [0.5, 0.6) is 0 Å². The Kier molecular flexibility index (Phi) is 10.8. The number of amides is 1. The van der Waals surface area contributed by atoms with Gasteiger partial charge in [-0.2, -0.15) is 5.10 Å². The molecular weight excluding hydrogens is 316 g/mol. The van der Waals surface area contributed by atoms with Crippen LogP contribution in [0.3, 0.4) is 0 Å². The van der Waals surface area contributed by atoms with Crippen LogP contribution < -0.4 is 0 Å². The minimum atomic E-state index is -0.976. The highest BCUT2D eigenvalue weighted by Gasteiger charge is 2.21. The van der Waals surface area contributed by atoms with Gasteiger partial charge in [-0.25, -0.2) is 9.80 Å². The number of aromatic carboxylic acids is 1. The number of nitrogens with zero attached hydrogens (tertiary/aromatic N) is 2. The lowest BCUT2D eigenvalue weighted by Crippen LogP contribution is -2.31. The topological polar surface area (TPSA) is 70.0 Å². The van der Waals surface area contributed by atoms with Crippen LogP contribution in [0.4, 0.5) is 0 Å². The molecule has 5 heteroatoms. The van der Waals surface area contributed by atoms with Crippen LogP contribution in [0.2, 0.25) is 0 Å². The van der Waals surface area contributed by atoms with Crippen LogP contribution in [0.15, 0.2) is 41.0 Å². The predicted octanol–water partition coefficient (Wildman–Crippen LogP) is 4.88. The Balaban J connectivity index is 0.00000134. The van der Waals surface area contributed by atoms with Gasteiger partial charge in [-0.15, -0.1) is 0 Å². The Morgan fingerprint density at radius 2 is 1.88 bits per heavy atom. The second-order valence-corrected chi connectivity index (χ2v) is 4.98. The first kappa shape index (κ1) is 22.6. The largest absolute Gasteiger partial charge is 0.478 e. The quantitative estimate of drug-likeness (QED) is 0.844. The third-order valence-electron chi connectivity index (χ3n) is 3.50. The zero-order valence-electron chi connectivity index (χ0n) is 16.2. The fourth-order valence-electron chi connectivity index (χ4n) is 2.15. The molecule has 0 bridgehead atoms. The fraction of sp³-hybridized carbons (Fsp3) is 0.450. The Bertz CT molecular complexity index is 634. The number of hydrazone groups is 1. The molecule has 5 nitrogen and oxygen atoms in total. The molecule has 1 heterocycles. The molecule has 1 amide bonds. The lowest BCUT2D eigenvalue weighted by Gasteiger charge is -2.24. The molecule has 0 fully saturated rings. The summed E-state index contributed by atoms with van der Waals surface area (Å²) in [6, 6.07) is 6.57. The molecule has 0 saturated carbocycles. The molecular formula is C20H30N2O3. The van der Waals surface area contributed by atoms with Crippen LogP contribution >= 0.6 is 0 Å². The molecule has 1 aliphatic rings. The number of carbonyl (C=O) groups excluding carboxylic acids is 1. The van der Waals surface area contributed by atoms with Gasteiger partial charge in [-0.05, 0) is 37.1 Å². The van der Waals surface area contributed by atoms with Crippen molar-refractivity contribution in [3.05, 3.63) is 47.0 Å². The lowest BCUT2D eigenvalue weighted by atomic mass is 10.1. The molecule has 1 N–H and O–H groups in total. The number of rotatable bonds is 4. The van der Waals surface area contributed by atoms with Crippen molar-refractivity contribution < 1.29 is 14.7 Å². The molecule has 0 aliphatic carbocycles. The summed E-state index contributed by atoms with van der Waals surface area (Å²) in [5.41, 5.74) is 2.94. The Labute approximate surface area is 151 Å². The van der Waals surface area contributed by atoms with Gasteiger partial charge in [-0.3, -0.25) is 4.79 Å². The Morgan fingerprint density at radius 1 is 1.24 bits per heavy atom. The van der Waals surface area contributed by atoms with Crippen LogP contribution in [-0.4, -0.2) is 27.7 Å².